The number of nitrogens with zero attached hydrogens (tertiary/aromatic N) is 2. The molecule has 5 heteroatoms. The third-order valence-electron chi connectivity index (χ3n) is 2.69. The molecule has 1 unspecified atom stereocenters. The van der Waals surface area contributed by atoms with Crippen molar-refractivity contribution in [3.05, 3.63) is 0 Å². The Morgan fingerprint density at radius 3 is 2.94 bits per heavy atom. The van der Waals surface area contributed by atoms with Crippen LogP contribution in [0.25, 0.3) is 0 Å². The topological polar surface area (TPSA) is 42.0 Å². The number of hydrogen-bond donors (Lipinski definition) is 0. The van der Waals surface area contributed by atoms with Gasteiger partial charge in [-0.2, -0.15) is 0 Å². The van der Waals surface area contributed by atoms with Crippen LogP contribution in [0.5, 0.6) is 0 Å². The fourth-order valence-corrected chi connectivity index (χ4v) is 1.79. The Kier molecular flexibility index (Phi) is 5.73. The van der Waals surface area contributed by atoms with Crippen molar-refractivity contribution in [2.75, 3.05) is 54.0 Å². The van der Waals surface area contributed by atoms with Crippen LogP contribution in [-0.2, 0) is 14.3 Å². The molecule has 1 heterocycles. The van der Waals surface area contributed by atoms with Gasteiger partial charge < -0.3 is 14.4 Å². The molecule has 0 saturated carbocycles. The van der Waals surface area contributed by atoms with E-state index in [0.29, 0.717) is 13.2 Å². The lowest BCUT2D eigenvalue weighted by Crippen LogP contribution is -2.47. The molecule has 0 bridgehead atoms. The van der Waals surface area contributed by atoms with E-state index < -0.39 is 6.10 Å². The van der Waals surface area contributed by atoms with Crippen LogP contribution in [0.4, 0.5) is 0 Å². The molecule has 0 aromatic carbocycles. The zero-order chi connectivity index (χ0) is 12.0. The van der Waals surface area contributed by atoms with Crippen LogP contribution < -0.4 is 0 Å². The number of ether oxygens (including phenoxy) is 2. The number of esters is 1. The highest BCUT2D eigenvalue weighted by Crippen LogP contribution is 2.07. The number of methoxy groups -OCH3 is 1. The molecule has 1 saturated heterocycles. The highest BCUT2D eigenvalue weighted by molar-refractivity contribution is 5.74. The van der Waals surface area contributed by atoms with E-state index in [1.807, 2.05) is 0 Å². The number of rotatable bonds is 5. The summed E-state index contributed by atoms with van der Waals surface area (Å²) in [6.45, 7) is 4.25. The SMILES string of the molecule is COC(=O)C1CN(CCCN(C)C)CCO1. The lowest BCUT2D eigenvalue weighted by atomic mass is 10.2. The van der Waals surface area contributed by atoms with Crippen LogP contribution in [0.15, 0.2) is 0 Å². The monoisotopic (exact) mass is 230 g/mol. The predicted molar refractivity (Wildman–Crippen MR) is 61.4 cm³/mol. The molecule has 5 nitrogen and oxygen atoms in total. The second-order valence-electron chi connectivity index (χ2n) is 4.34. The van der Waals surface area contributed by atoms with Crippen molar-refractivity contribution in [1.29, 1.82) is 0 Å². The van der Waals surface area contributed by atoms with Crippen LogP contribution >= 0.6 is 0 Å². The van der Waals surface area contributed by atoms with E-state index in [4.69, 9.17) is 4.74 Å². The summed E-state index contributed by atoms with van der Waals surface area (Å²) in [5.41, 5.74) is 0. The Bertz CT molecular complexity index is 221. The Morgan fingerprint density at radius 2 is 2.31 bits per heavy atom. The van der Waals surface area contributed by atoms with Crippen LogP contribution in [0.2, 0.25) is 0 Å². The maximum Gasteiger partial charge on any atom is 0.336 e. The molecule has 0 aromatic heterocycles. The smallest absolute Gasteiger partial charge is 0.336 e. The summed E-state index contributed by atoms with van der Waals surface area (Å²) < 4.78 is 10.0. The van der Waals surface area contributed by atoms with Gasteiger partial charge >= 0.3 is 5.97 Å². The van der Waals surface area contributed by atoms with Crippen molar-refractivity contribution in [3.63, 3.8) is 0 Å². The largest absolute Gasteiger partial charge is 0.467 e. The Hall–Kier alpha value is -0.650. The molecule has 94 valence electrons. The maximum atomic E-state index is 11.3. The maximum absolute atomic E-state index is 11.3. The number of carbonyl (C=O) groups is 1. The molecule has 0 N–H and O–H groups in total. The van der Waals surface area contributed by atoms with Crippen LogP contribution in [0.3, 0.4) is 0 Å². The summed E-state index contributed by atoms with van der Waals surface area (Å²) in [4.78, 5) is 15.7. The Morgan fingerprint density at radius 1 is 1.56 bits per heavy atom. The van der Waals surface area contributed by atoms with Crippen LogP contribution in [0.1, 0.15) is 6.42 Å². The predicted octanol–water partition coefficient (Wildman–Crippen LogP) is -0.188. The fourth-order valence-electron chi connectivity index (χ4n) is 1.79. The first kappa shape index (κ1) is 13.4. The number of morpholine rings is 1. The van der Waals surface area contributed by atoms with E-state index in [2.05, 4.69) is 28.6 Å². The second kappa shape index (κ2) is 6.83. The lowest BCUT2D eigenvalue weighted by molar-refractivity contribution is -0.159. The molecule has 1 rings (SSSR count). The number of carbonyl (C=O) groups excluding carboxylic acids is 1. The van der Waals surface area contributed by atoms with Gasteiger partial charge in [-0.15, -0.1) is 0 Å². The molecular weight excluding hydrogens is 208 g/mol. The van der Waals surface area contributed by atoms with Gasteiger partial charge in [0.15, 0.2) is 6.10 Å². The summed E-state index contributed by atoms with van der Waals surface area (Å²) in [5.74, 6) is -0.266. The summed E-state index contributed by atoms with van der Waals surface area (Å²) in [5, 5.41) is 0. The molecular formula is C11H22N2O3. The van der Waals surface area contributed by atoms with Crippen molar-refractivity contribution in [1.82, 2.24) is 9.80 Å². The molecule has 1 aliphatic heterocycles. The molecule has 16 heavy (non-hydrogen) atoms. The van der Waals surface area contributed by atoms with Gasteiger partial charge in [-0.3, -0.25) is 4.90 Å². The summed E-state index contributed by atoms with van der Waals surface area (Å²) in [7, 11) is 5.53. The van der Waals surface area contributed by atoms with Crippen molar-refractivity contribution >= 4 is 5.97 Å². The normalized spacial score (nSPS) is 22.4. The van der Waals surface area contributed by atoms with Gasteiger partial charge in [0.1, 0.15) is 0 Å². The lowest BCUT2D eigenvalue weighted by Gasteiger charge is -2.31. The zero-order valence-corrected chi connectivity index (χ0v) is 10.4. The van der Waals surface area contributed by atoms with Gasteiger partial charge in [0.2, 0.25) is 0 Å². The summed E-state index contributed by atoms with van der Waals surface area (Å²) >= 11 is 0. The molecule has 1 aliphatic rings. The van der Waals surface area contributed by atoms with Gasteiger partial charge in [-0.25, -0.2) is 4.79 Å². The molecule has 0 amide bonds. The molecule has 0 spiro atoms. The molecule has 1 atom stereocenters. The van der Waals surface area contributed by atoms with E-state index in [9.17, 15) is 4.79 Å². The van der Waals surface area contributed by atoms with Gasteiger partial charge in [0, 0.05) is 13.1 Å². The highest BCUT2D eigenvalue weighted by Gasteiger charge is 2.26. The fraction of sp³-hybridized carbons (Fsp3) is 0.909. The van der Waals surface area contributed by atoms with Gasteiger partial charge in [-0.1, -0.05) is 0 Å². The Balaban J connectivity index is 2.25. The molecule has 0 radical (unpaired) electrons. The quantitative estimate of drug-likeness (QED) is 0.613. The second-order valence-corrected chi connectivity index (χ2v) is 4.34. The van der Waals surface area contributed by atoms with E-state index in [1.165, 1.54) is 7.11 Å². The summed E-state index contributed by atoms with van der Waals surface area (Å²) in [6, 6.07) is 0. The summed E-state index contributed by atoms with van der Waals surface area (Å²) in [6.07, 6.45) is 0.707. The number of hydrogen-bond acceptors (Lipinski definition) is 5. The zero-order valence-electron chi connectivity index (χ0n) is 10.4. The van der Waals surface area contributed by atoms with E-state index >= 15 is 0 Å². The van der Waals surface area contributed by atoms with Gasteiger partial charge in [0.25, 0.3) is 0 Å². The first-order chi connectivity index (χ1) is 7.63. The van der Waals surface area contributed by atoms with Crippen LogP contribution in [0, 0.1) is 0 Å². The van der Waals surface area contributed by atoms with Gasteiger partial charge in [-0.05, 0) is 33.6 Å². The van der Waals surface area contributed by atoms with E-state index in [0.717, 1.165) is 26.1 Å². The first-order valence-electron chi connectivity index (χ1n) is 5.70. The molecule has 1 fully saturated rings. The highest BCUT2D eigenvalue weighted by atomic mass is 16.6. The van der Waals surface area contributed by atoms with Crippen molar-refractivity contribution in [2.24, 2.45) is 0 Å². The Labute approximate surface area is 97.3 Å². The van der Waals surface area contributed by atoms with E-state index in [-0.39, 0.29) is 5.97 Å². The van der Waals surface area contributed by atoms with Crippen molar-refractivity contribution in [3.8, 4) is 0 Å². The van der Waals surface area contributed by atoms with E-state index in [1.54, 1.807) is 0 Å². The van der Waals surface area contributed by atoms with Crippen molar-refractivity contribution < 1.29 is 14.3 Å². The van der Waals surface area contributed by atoms with Crippen LogP contribution in [-0.4, -0.2) is 75.9 Å². The molecule has 0 aromatic rings. The minimum Gasteiger partial charge on any atom is -0.467 e. The third-order valence-corrected chi connectivity index (χ3v) is 2.69. The third kappa shape index (κ3) is 4.47. The average Bonchev–Trinajstić information content (AvgIpc) is 2.28. The average molecular weight is 230 g/mol. The van der Waals surface area contributed by atoms with Gasteiger partial charge in [0.05, 0.1) is 13.7 Å². The minimum absolute atomic E-state index is 0.266. The van der Waals surface area contributed by atoms with Crippen molar-refractivity contribution in [2.45, 2.75) is 12.5 Å². The first-order valence-corrected chi connectivity index (χ1v) is 5.70. The molecule has 0 aliphatic carbocycles. The minimum atomic E-state index is -0.405. The standard InChI is InChI=1S/C11H22N2O3/c1-12(2)5-4-6-13-7-8-16-10(9-13)11(14)15-3/h10H,4-9H2,1-3H3.